The van der Waals surface area contributed by atoms with Crippen LogP contribution in [0.1, 0.15) is 40.5 Å². The van der Waals surface area contributed by atoms with Gasteiger partial charge in [-0.2, -0.15) is 0 Å². The van der Waals surface area contributed by atoms with Crippen molar-refractivity contribution < 1.29 is 23.2 Å². The van der Waals surface area contributed by atoms with Crippen LogP contribution in [-0.4, -0.2) is 6.69 Å². The molecule has 2 aliphatic carbocycles. The Morgan fingerprint density at radius 3 is 1.30 bits per heavy atom. The molecule has 2 aromatic carbocycles. The molecular formula is C26H28Cl2SiZr. The molecule has 0 unspecified atom stereocenters. The first-order valence-electron chi connectivity index (χ1n) is 10.3. The molecular weight excluding hydrogens is 503 g/mol. The Balaban J connectivity index is 0.000000171. The van der Waals surface area contributed by atoms with Crippen molar-refractivity contribution in [3.8, 4) is 0 Å². The fraction of sp³-hybridized carbons (Fsp3) is 0.231. The first-order valence-corrected chi connectivity index (χ1v) is 16.8. The SMILES string of the molecule is CC1=CC(C)=[C]([Zr][C]2=C(C)C=C(C)C2)C1.Cl[Si](Cl)(c1ccccc1)c1ccccc1. The normalized spacial score (nSPS) is 16.2. The molecule has 0 saturated heterocycles. The summed E-state index contributed by atoms with van der Waals surface area (Å²) < 4.78 is 3.60. The largest absolute Gasteiger partial charge is 0.310 e. The minimum absolute atomic E-state index is 0.438. The molecule has 4 rings (SSSR count). The van der Waals surface area contributed by atoms with Crippen LogP contribution in [0.5, 0.6) is 0 Å². The smallest absolute Gasteiger partial charge is 0.134 e. The van der Waals surface area contributed by atoms with E-state index < -0.39 is 29.9 Å². The maximum atomic E-state index is 6.49. The molecule has 2 aromatic rings. The summed E-state index contributed by atoms with van der Waals surface area (Å²) in [6.45, 7) is 6.59. The first-order chi connectivity index (χ1) is 14.3. The molecule has 0 aliphatic heterocycles. The van der Waals surface area contributed by atoms with Gasteiger partial charge in [0.25, 0.3) is 0 Å². The molecule has 0 amide bonds. The first kappa shape index (κ1) is 23.7. The van der Waals surface area contributed by atoms with Gasteiger partial charge in [0.1, 0.15) is 0 Å². The molecule has 0 bridgehead atoms. The van der Waals surface area contributed by atoms with Crippen LogP contribution in [0.3, 0.4) is 0 Å². The van der Waals surface area contributed by atoms with Gasteiger partial charge in [0.05, 0.1) is 0 Å². The van der Waals surface area contributed by atoms with Gasteiger partial charge < -0.3 is 0 Å². The molecule has 0 saturated carbocycles. The number of allylic oxidation sites excluding steroid dienone is 8. The van der Waals surface area contributed by atoms with E-state index in [1.165, 1.54) is 12.8 Å². The summed E-state index contributed by atoms with van der Waals surface area (Å²) >= 11 is 12.5. The quantitative estimate of drug-likeness (QED) is 0.294. The molecule has 0 heterocycles. The Kier molecular flexibility index (Phi) is 8.39. The Hall–Kier alpha value is -0.920. The predicted octanol–water partition coefficient (Wildman–Crippen LogP) is 7.04. The standard InChI is InChI=1S/C12H10Cl2Si.2C7H9.Zr/c13-15(14,11-7-3-1-4-8-11)12-9-5-2-6-10-12;2*1-6-3-4-7(2)5-6;/h1-10H;2*5H,3H2,1-2H3;. The monoisotopic (exact) mass is 528 g/mol. The van der Waals surface area contributed by atoms with Crippen molar-refractivity contribution in [3.05, 3.63) is 102 Å². The van der Waals surface area contributed by atoms with E-state index in [2.05, 4.69) is 39.8 Å². The van der Waals surface area contributed by atoms with E-state index in [9.17, 15) is 0 Å². The van der Waals surface area contributed by atoms with E-state index in [4.69, 9.17) is 22.2 Å². The van der Waals surface area contributed by atoms with Gasteiger partial charge in [-0.25, -0.2) is 0 Å². The summed E-state index contributed by atoms with van der Waals surface area (Å²) in [5.74, 6) is 0. The van der Waals surface area contributed by atoms with E-state index in [0.717, 1.165) is 10.4 Å². The summed E-state index contributed by atoms with van der Waals surface area (Å²) in [5, 5.41) is 2.05. The second kappa shape index (κ2) is 10.6. The molecule has 4 heteroatoms. The Morgan fingerprint density at radius 2 is 1.00 bits per heavy atom. The van der Waals surface area contributed by atoms with Crippen LogP contribution in [0.2, 0.25) is 0 Å². The van der Waals surface area contributed by atoms with Crippen LogP contribution in [0.15, 0.2) is 102 Å². The molecule has 30 heavy (non-hydrogen) atoms. The third-order valence-corrected chi connectivity index (χ3v) is 14.4. The zero-order valence-electron chi connectivity index (χ0n) is 18.1. The minimum atomic E-state index is -2.51. The van der Waals surface area contributed by atoms with E-state index in [-0.39, 0.29) is 0 Å². The van der Waals surface area contributed by atoms with Crippen molar-refractivity contribution in [2.45, 2.75) is 40.5 Å². The van der Waals surface area contributed by atoms with Gasteiger partial charge >= 0.3 is 111 Å². The molecule has 0 atom stereocenters. The zero-order valence-corrected chi connectivity index (χ0v) is 23.1. The summed E-state index contributed by atoms with van der Waals surface area (Å²) in [6.07, 6.45) is 7.30. The van der Waals surface area contributed by atoms with Gasteiger partial charge in [0, 0.05) is 0 Å². The van der Waals surface area contributed by atoms with Gasteiger partial charge in [0.2, 0.25) is 0 Å². The van der Waals surface area contributed by atoms with Crippen LogP contribution < -0.4 is 10.4 Å². The van der Waals surface area contributed by atoms with Crippen molar-refractivity contribution in [1.29, 1.82) is 0 Å². The van der Waals surface area contributed by atoms with Crippen LogP contribution in [-0.2, 0) is 23.2 Å². The third-order valence-electron chi connectivity index (χ3n) is 5.36. The maximum absolute atomic E-state index is 6.49. The number of rotatable bonds is 4. The topological polar surface area (TPSA) is 0 Å². The molecule has 0 radical (unpaired) electrons. The number of halogens is 2. The zero-order chi connectivity index (χ0) is 21.7. The molecule has 2 aliphatic rings. The fourth-order valence-electron chi connectivity index (χ4n) is 3.78. The second-order valence-corrected chi connectivity index (χ2v) is 18.0. The number of benzene rings is 2. The van der Waals surface area contributed by atoms with Gasteiger partial charge in [-0.3, -0.25) is 0 Å². The van der Waals surface area contributed by atoms with Crippen LogP contribution >= 0.6 is 22.2 Å². The number of hydrogen-bond acceptors (Lipinski definition) is 0. The van der Waals surface area contributed by atoms with E-state index in [0.29, 0.717) is 0 Å². The minimum Gasteiger partial charge on any atom is -0.134 e. The van der Waals surface area contributed by atoms with Crippen LogP contribution in [0, 0.1) is 0 Å². The molecule has 0 aromatic heterocycles. The van der Waals surface area contributed by atoms with E-state index >= 15 is 0 Å². The molecule has 0 N–H and O–H groups in total. The average Bonchev–Trinajstić information content (AvgIpc) is 3.23. The van der Waals surface area contributed by atoms with Crippen molar-refractivity contribution in [2.75, 3.05) is 0 Å². The van der Waals surface area contributed by atoms with E-state index in [1.807, 2.05) is 60.7 Å². The van der Waals surface area contributed by atoms with Gasteiger partial charge in [-0.05, 0) is 10.4 Å². The molecule has 0 spiro atoms. The van der Waals surface area contributed by atoms with Crippen molar-refractivity contribution in [2.24, 2.45) is 0 Å². The maximum Gasteiger partial charge on any atom is 0.310 e. The molecule has 0 fully saturated rings. The summed E-state index contributed by atoms with van der Waals surface area (Å²) in [5.41, 5.74) is 6.27. The molecule has 0 nitrogen and oxygen atoms in total. The van der Waals surface area contributed by atoms with Crippen molar-refractivity contribution in [3.63, 3.8) is 0 Å². The third kappa shape index (κ3) is 6.07. The van der Waals surface area contributed by atoms with Gasteiger partial charge in [-0.1, -0.05) is 60.7 Å². The Bertz CT molecular complexity index is 934. The van der Waals surface area contributed by atoms with Crippen LogP contribution in [0.4, 0.5) is 0 Å². The van der Waals surface area contributed by atoms with Gasteiger partial charge in [-0.15, -0.1) is 22.2 Å². The van der Waals surface area contributed by atoms with E-state index in [1.54, 1.807) is 28.9 Å². The average molecular weight is 531 g/mol. The summed E-state index contributed by atoms with van der Waals surface area (Å²) in [7, 11) is 0. The fourth-order valence-corrected chi connectivity index (χ4v) is 10.9. The molecule has 154 valence electrons. The Morgan fingerprint density at radius 1 is 0.633 bits per heavy atom. The Labute approximate surface area is 203 Å². The predicted molar refractivity (Wildman–Crippen MR) is 132 cm³/mol. The number of hydrogen-bond donors (Lipinski definition) is 0. The van der Waals surface area contributed by atoms with Crippen molar-refractivity contribution in [1.82, 2.24) is 0 Å². The summed E-state index contributed by atoms with van der Waals surface area (Å²) in [4.78, 5) is 0. The van der Waals surface area contributed by atoms with Crippen molar-refractivity contribution >= 4 is 39.2 Å². The van der Waals surface area contributed by atoms with Gasteiger partial charge in [0.15, 0.2) is 0 Å². The van der Waals surface area contributed by atoms with Crippen LogP contribution in [0.25, 0.3) is 0 Å². The second-order valence-electron chi connectivity index (χ2n) is 8.09. The summed E-state index contributed by atoms with van der Waals surface area (Å²) in [6, 6.07) is 19.7.